The van der Waals surface area contributed by atoms with Crippen molar-refractivity contribution >= 4 is 11.6 Å². The highest BCUT2D eigenvalue weighted by Crippen LogP contribution is 2.41. The van der Waals surface area contributed by atoms with Crippen LogP contribution in [0, 0.1) is 0 Å². The number of carbonyl (C=O) groups excluding carboxylic acids is 1. The smallest absolute Gasteiger partial charge is 0.256 e. The lowest BCUT2D eigenvalue weighted by Crippen LogP contribution is -2.38. The fourth-order valence-corrected chi connectivity index (χ4v) is 2.12. The summed E-state index contributed by atoms with van der Waals surface area (Å²) in [7, 11) is 0. The Morgan fingerprint density at radius 2 is 1.94 bits per heavy atom. The van der Waals surface area contributed by atoms with Gasteiger partial charge in [-0.3, -0.25) is 4.79 Å². The average molecular weight is 225 g/mol. The van der Waals surface area contributed by atoms with E-state index in [0.717, 1.165) is 5.56 Å². The van der Waals surface area contributed by atoms with Crippen LogP contribution in [0.4, 0.5) is 14.5 Å². The van der Waals surface area contributed by atoms with Crippen molar-refractivity contribution in [3.8, 4) is 0 Å². The Kier molecular flexibility index (Phi) is 2.45. The molecule has 1 amide bonds. The van der Waals surface area contributed by atoms with Gasteiger partial charge in [-0.15, -0.1) is 0 Å². The van der Waals surface area contributed by atoms with Crippen LogP contribution in [0.3, 0.4) is 0 Å². The van der Waals surface area contributed by atoms with E-state index in [1.807, 2.05) is 12.1 Å². The van der Waals surface area contributed by atoms with E-state index in [0.29, 0.717) is 5.69 Å². The molecule has 0 saturated carbocycles. The second-order valence-electron chi connectivity index (χ2n) is 4.45. The molecule has 86 valence electrons. The maximum absolute atomic E-state index is 12.4. The lowest BCUT2D eigenvalue weighted by Gasteiger charge is -2.19. The van der Waals surface area contributed by atoms with Crippen LogP contribution in [0.25, 0.3) is 0 Å². The van der Waals surface area contributed by atoms with Gasteiger partial charge in [-0.1, -0.05) is 18.2 Å². The molecule has 16 heavy (non-hydrogen) atoms. The Morgan fingerprint density at radius 1 is 1.31 bits per heavy atom. The van der Waals surface area contributed by atoms with E-state index in [1.165, 1.54) is 4.90 Å². The standard InChI is InChI=1S/C12H13F2NO/c1-12(2)8-5-3-4-6-9(8)15(11(12)16)7-10(13)14/h3-6,10H,7H2,1-2H3. The molecule has 1 heterocycles. The van der Waals surface area contributed by atoms with Gasteiger partial charge in [0, 0.05) is 5.69 Å². The number of carbonyl (C=O) groups is 1. The Hall–Kier alpha value is -1.45. The van der Waals surface area contributed by atoms with Crippen LogP contribution in [0.5, 0.6) is 0 Å². The van der Waals surface area contributed by atoms with Gasteiger partial charge in [0.2, 0.25) is 5.91 Å². The van der Waals surface area contributed by atoms with Crippen molar-refractivity contribution in [3.05, 3.63) is 29.8 Å². The van der Waals surface area contributed by atoms with Gasteiger partial charge >= 0.3 is 0 Å². The minimum atomic E-state index is -2.51. The highest BCUT2D eigenvalue weighted by molar-refractivity contribution is 6.07. The summed E-state index contributed by atoms with van der Waals surface area (Å²) < 4.78 is 24.8. The first kappa shape index (κ1) is 11.0. The van der Waals surface area contributed by atoms with Crippen molar-refractivity contribution in [2.75, 3.05) is 11.4 Å². The van der Waals surface area contributed by atoms with E-state index in [-0.39, 0.29) is 5.91 Å². The van der Waals surface area contributed by atoms with Gasteiger partial charge in [-0.2, -0.15) is 0 Å². The zero-order chi connectivity index (χ0) is 11.9. The summed E-state index contributed by atoms with van der Waals surface area (Å²) in [5.41, 5.74) is 0.726. The van der Waals surface area contributed by atoms with Crippen LogP contribution in [-0.2, 0) is 10.2 Å². The van der Waals surface area contributed by atoms with Crippen molar-refractivity contribution in [2.24, 2.45) is 0 Å². The number of para-hydroxylation sites is 1. The molecule has 0 N–H and O–H groups in total. The van der Waals surface area contributed by atoms with Gasteiger partial charge in [-0.25, -0.2) is 8.78 Å². The van der Waals surface area contributed by atoms with E-state index in [9.17, 15) is 13.6 Å². The molecule has 0 unspecified atom stereocenters. The van der Waals surface area contributed by atoms with E-state index in [4.69, 9.17) is 0 Å². The molecule has 4 heteroatoms. The molecule has 1 aromatic carbocycles. The number of halogens is 2. The van der Waals surface area contributed by atoms with Gasteiger partial charge in [0.25, 0.3) is 6.43 Å². The number of nitrogens with zero attached hydrogens (tertiary/aromatic N) is 1. The van der Waals surface area contributed by atoms with Crippen LogP contribution < -0.4 is 4.90 Å². The number of hydrogen-bond donors (Lipinski definition) is 0. The molecule has 0 atom stereocenters. The monoisotopic (exact) mass is 225 g/mol. The summed E-state index contributed by atoms with van der Waals surface area (Å²) in [5.74, 6) is -0.256. The maximum Gasteiger partial charge on any atom is 0.256 e. The summed E-state index contributed by atoms with van der Waals surface area (Å²) in [5, 5.41) is 0. The number of rotatable bonds is 2. The van der Waals surface area contributed by atoms with Crippen molar-refractivity contribution in [2.45, 2.75) is 25.7 Å². The van der Waals surface area contributed by atoms with Gasteiger partial charge in [0.15, 0.2) is 0 Å². The predicted molar refractivity (Wildman–Crippen MR) is 57.8 cm³/mol. The third-order valence-electron chi connectivity index (χ3n) is 2.97. The van der Waals surface area contributed by atoms with E-state index >= 15 is 0 Å². The highest BCUT2D eigenvalue weighted by Gasteiger charge is 2.44. The lowest BCUT2D eigenvalue weighted by atomic mass is 9.86. The number of fused-ring (bicyclic) bond motifs is 1. The Bertz CT molecular complexity index is 429. The molecule has 1 aliphatic rings. The molecule has 0 saturated heterocycles. The summed E-state index contributed by atoms with van der Waals surface area (Å²) in [6, 6.07) is 7.11. The molecule has 2 nitrogen and oxygen atoms in total. The van der Waals surface area contributed by atoms with Crippen LogP contribution in [0.1, 0.15) is 19.4 Å². The quantitative estimate of drug-likeness (QED) is 0.757. The van der Waals surface area contributed by atoms with Crippen molar-refractivity contribution in [1.82, 2.24) is 0 Å². The van der Waals surface area contributed by atoms with Crippen LogP contribution in [0.2, 0.25) is 0 Å². The zero-order valence-corrected chi connectivity index (χ0v) is 9.21. The molecule has 1 aromatic rings. The van der Waals surface area contributed by atoms with Gasteiger partial charge in [0.1, 0.15) is 0 Å². The number of anilines is 1. The van der Waals surface area contributed by atoms with Crippen molar-refractivity contribution in [1.29, 1.82) is 0 Å². The Labute approximate surface area is 92.9 Å². The second-order valence-corrected chi connectivity index (χ2v) is 4.45. The Balaban J connectivity index is 2.47. The molecular weight excluding hydrogens is 212 g/mol. The number of amides is 1. The first-order chi connectivity index (χ1) is 7.44. The number of alkyl halides is 2. The fraction of sp³-hybridized carbons (Fsp3) is 0.417. The molecular formula is C12H13F2NO. The van der Waals surface area contributed by atoms with Crippen LogP contribution in [0.15, 0.2) is 24.3 Å². The minimum Gasteiger partial charge on any atom is -0.306 e. The molecule has 0 aromatic heterocycles. The van der Waals surface area contributed by atoms with Crippen molar-refractivity contribution in [3.63, 3.8) is 0 Å². The van der Waals surface area contributed by atoms with Gasteiger partial charge < -0.3 is 4.90 Å². The van der Waals surface area contributed by atoms with E-state index in [1.54, 1.807) is 26.0 Å². The van der Waals surface area contributed by atoms with Crippen LogP contribution in [-0.4, -0.2) is 18.9 Å². The second kappa shape index (κ2) is 3.54. The third-order valence-corrected chi connectivity index (χ3v) is 2.97. The fourth-order valence-electron chi connectivity index (χ4n) is 2.12. The van der Waals surface area contributed by atoms with Gasteiger partial charge in [0.05, 0.1) is 12.0 Å². The molecule has 2 rings (SSSR count). The van der Waals surface area contributed by atoms with E-state index in [2.05, 4.69) is 0 Å². The summed E-state index contributed by atoms with van der Waals surface area (Å²) in [6.45, 7) is 3.00. The lowest BCUT2D eigenvalue weighted by molar-refractivity contribution is -0.122. The van der Waals surface area contributed by atoms with Crippen LogP contribution >= 0.6 is 0 Å². The zero-order valence-electron chi connectivity index (χ0n) is 9.21. The summed E-state index contributed by atoms with van der Waals surface area (Å²) in [4.78, 5) is 13.2. The summed E-state index contributed by atoms with van der Waals surface area (Å²) in [6.07, 6.45) is -2.51. The van der Waals surface area contributed by atoms with Gasteiger partial charge in [-0.05, 0) is 25.5 Å². The molecule has 0 aliphatic carbocycles. The molecule has 0 bridgehead atoms. The average Bonchev–Trinajstić information content (AvgIpc) is 2.41. The highest BCUT2D eigenvalue weighted by atomic mass is 19.3. The van der Waals surface area contributed by atoms with E-state index < -0.39 is 18.4 Å². The first-order valence-corrected chi connectivity index (χ1v) is 5.14. The number of hydrogen-bond acceptors (Lipinski definition) is 1. The molecule has 0 radical (unpaired) electrons. The first-order valence-electron chi connectivity index (χ1n) is 5.14. The topological polar surface area (TPSA) is 20.3 Å². The third kappa shape index (κ3) is 1.49. The predicted octanol–water partition coefficient (Wildman–Crippen LogP) is 2.58. The summed E-state index contributed by atoms with van der Waals surface area (Å²) >= 11 is 0. The number of benzene rings is 1. The normalized spacial score (nSPS) is 18.1. The molecule has 0 fully saturated rings. The molecule has 0 spiro atoms. The largest absolute Gasteiger partial charge is 0.306 e. The maximum atomic E-state index is 12.4. The SMILES string of the molecule is CC1(C)C(=O)N(CC(F)F)c2ccccc21. The molecule has 1 aliphatic heterocycles. The van der Waals surface area contributed by atoms with Crippen molar-refractivity contribution < 1.29 is 13.6 Å². The minimum absolute atomic E-state index is 0.256. The Morgan fingerprint density at radius 3 is 2.56 bits per heavy atom.